The fourth-order valence-electron chi connectivity index (χ4n) is 5.55. The summed E-state index contributed by atoms with van der Waals surface area (Å²) in [6.45, 7) is 0. The van der Waals surface area contributed by atoms with Crippen LogP contribution in [0.25, 0.3) is 11.3 Å². The van der Waals surface area contributed by atoms with Crippen LogP contribution in [0.1, 0.15) is 22.5 Å². The van der Waals surface area contributed by atoms with Gasteiger partial charge in [0, 0.05) is 5.56 Å². The second kappa shape index (κ2) is 6.01. The molecule has 0 spiro atoms. The number of hydrogen-bond acceptors (Lipinski definition) is 5. The van der Waals surface area contributed by atoms with Gasteiger partial charge in [-0.1, -0.05) is 24.3 Å². The Morgan fingerprint density at radius 2 is 1.77 bits per heavy atom. The van der Waals surface area contributed by atoms with Crippen molar-refractivity contribution in [1.82, 2.24) is 5.01 Å². The first kappa shape index (κ1) is 17.4. The lowest BCUT2D eigenvalue weighted by molar-refractivity contribution is -0.140. The lowest BCUT2D eigenvalue weighted by Gasteiger charge is -2.37. The van der Waals surface area contributed by atoms with Crippen LogP contribution in [-0.2, 0) is 9.59 Å². The molecule has 2 heterocycles. The molecule has 1 aromatic carbocycles. The quantitative estimate of drug-likeness (QED) is 0.481. The van der Waals surface area contributed by atoms with Crippen molar-refractivity contribution < 1.29 is 23.9 Å². The lowest BCUT2D eigenvalue weighted by Crippen LogP contribution is -2.40. The highest BCUT2D eigenvalue weighted by atomic mass is 16.4. The maximum absolute atomic E-state index is 12.9. The molecule has 2 saturated carbocycles. The van der Waals surface area contributed by atoms with Crippen LogP contribution in [0.2, 0.25) is 0 Å². The number of nitrogens with zero attached hydrogens (tertiary/aromatic N) is 2. The van der Waals surface area contributed by atoms with Gasteiger partial charge in [-0.3, -0.25) is 9.59 Å². The number of hydrazone groups is 1. The number of aromatic carboxylic acids is 1. The molecule has 6 atom stereocenters. The van der Waals surface area contributed by atoms with E-state index in [-0.39, 0.29) is 41.0 Å². The van der Waals surface area contributed by atoms with Gasteiger partial charge in [0.05, 0.1) is 23.6 Å². The zero-order valence-corrected chi connectivity index (χ0v) is 15.8. The third-order valence-corrected chi connectivity index (χ3v) is 6.96. The molecule has 30 heavy (non-hydrogen) atoms. The largest absolute Gasteiger partial charge is 0.478 e. The van der Waals surface area contributed by atoms with E-state index in [1.807, 2.05) is 0 Å². The number of furan rings is 1. The molecule has 1 saturated heterocycles. The molecule has 2 amide bonds. The van der Waals surface area contributed by atoms with Gasteiger partial charge >= 0.3 is 5.97 Å². The number of carboxylic acid groups (broad SMARTS) is 1. The van der Waals surface area contributed by atoms with Crippen LogP contribution < -0.4 is 0 Å². The average Bonchev–Trinajstić information content (AvgIpc) is 3.39. The van der Waals surface area contributed by atoms with Gasteiger partial charge in [-0.15, -0.1) is 0 Å². The summed E-state index contributed by atoms with van der Waals surface area (Å²) in [5.74, 6) is 0.292. The molecule has 5 aliphatic rings. The van der Waals surface area contributed by atoms with Gasteiger partial charge in [-0.05, 0) is 54.4 Å². The fraction of sp³-hybridized carbons (Fsp3) is 0.304. The minimum Gasteiger partial charge on any atom is -0.478 e. The van der Waals surface area contributed by atoms with Crippen LogP contribution in [0.3, 0.4) is 0 Å². The van der Waals surface area contributed by atoms with E-state index < -0.39 is 5.97 Å². The number of amides is 2. The third kappa shape index (κ3) is 2.38. The summed E-state index contributed by atoms with van der Waals surface area (Å²) in [5.41, 5.74) is 0.784. The Hall–Kier alpha value is -3.48. The van der Waals surface area contributed by atoms with E-state index >= 15 is 0 Å². The summed E-state index contributed by atoms with van der Waals surface area (Å²) in [4.78, 5) is 37.0. The molecule has 1 N–H and O–H groups in total. The summed E-state index contributed by atoms with van der Waals surface area (Å²) in [5, 5.41) is 14.3. The molecule has 2 bridgehead atoms. The number of benzene rings is 1. The molecule has 1 aromatic heterocycles. The zero-order valence-electron chi connectivity index (χ0n) is 15.8. The molecule has 2 aromatic rings. The van der Waals surface area contributed by atoms with Gasteiger partial charge in [0.15, 0.2) is 0 Å². The molecule has 3 fully saturated rings. The normalized spacial score (nSPS) is 33.3. The predicted molar refractivity (Wildman–Crippen MR) is 105 cm³/mol. The van der Waals surface area contributed by atoms with Crippen LogP contribution >= 0.6 is 0 Å². The number of hydrogen-bond donors (Lipinski definition) is 1. The first-order valence-corrected chi connectivity index (χ1v) is 10.1. The summed E-state index contributed by atoms with van der Waals surface area (Å²) in [6, 6.07) is 9.80. The Labute approximate surface area is 171 Å². The van der Waals surface area contributed by atoms with E-state index in [4.69, 9.17) is 9.52 Å². The van der Waals surface area contributed by atoms with Gasteiger partial charge in [-0.2, -0.15) is 10.1 Å². The van der Waals surface area contributed by atoms with E-state index in [1.165, 1.54) is 18.3 Å². The van der Waals surface area contributed by atoms with Crippen molar-refractivity contribution in [3.63, 3.8) is 0 Å². The maximum atomic E-state index is 12.9. The first-order chi connectivity index (χ1) is 14.5. The second-order valence-corrected chi connectivity index (χ2v) is 8.48. The molecule has 7 nitrogen and oxygen atoms in total. The topological polar surface area (TPSA) is 100 Å². The van der Waals surface area contributed by atoms with E-state index in [1.54, 1.807) is 24.3 Å². The summed E-state index contributed by atoms with van der Waals surface area (Å²) < 4.78 is 5.73. The van der Waals surface area contributed by atoms with Crippen molar-refractivity contribution in [3.05, 3.63) is 59.9 Å². The van der Waals surface area contributed by atoms with Gasteiger partial charge < -0.3 is 9.52 Å². The molecular formula is C23H18N2O5. The maximum Gasteiger partial charge on any atom is 0.335 e. The second-order valence-electron chi connectivity index (χ2n) is 8.48. The third-order valence-electron chi connectivity index (χ3n) is 6.96. The molecule has 0 unspecified atom stereocenters. The Bertz CT molecular complexity index is 1130. The predicted octanol–water partition coefficient (Wildman–Crippen LogP) is 3.03. The van der Waals surface area contributed by atoms with Crippen molar-refractivity contribution in [1.29, 1.82) is 0 Å². The van der Waals surface area contributed by atoms with Crippen LogP contribution in [0.15, 0.2) is 58.1 Å². The van der Waals surface area contributed by atoms with E-state index in [0.717, 1.165) is 11.4 Å². The fourth-order valence-corrected chi connectivity index (χ4v) is 5.55. The van der Waals surface area contributed by atoms with Crippen LogP contribution in [0.5, 0.6) is 0 Å². The van der Waals surface area contributed by atoms with Gasteiger partial charge in [-0.25, -0.2) is 4.79 Å². The minimum atomic E-state index is -1.01. The number of carbonyl (C=O) groups is 3. The average molecular weight is 402 g/mol. The molecule has 0 radical (unpaired) electrons. The summed E-state index contributed by atoms with van der Waals surface area (Å²) in [7, 11) is 0. The molecular weight excluding hydrogens is 384 g/mol. The van der Waals surface area contributed by atoms with Crippen molar-refractivity contribution in [2.75, 3.05) is 0 Å². The SMILES string of the molecule is O=C(O)c1cccc(-c2ccc(/C=N\N3C(=O)[C@H]4[C@@H]5C=C[C@@H]([C@H]6C[C@H]56)[C@@H]4C3=O)o2)c1. The number of carboxylic acids is 1. The zero-order chi connectivity index (χ0) is 20.6. The van der Waals surface area contributed by atoms with Crippen molar-refractivity contribution in [2.45, 2.75) is 6.42 Å². The lowest BCUT2D eigenvalue weighted by atomic mass is 9.63. The molecule has 150 valence electrons. The highest BCUT2D eigenvalue weighted by Crippen LogP contribution is 2.65. The van der Waals surface area contributed by atoms with Crippen LogP contribution in [0.4, 0.5) is 0 Å². The summed E-state index contributed by atoms with van der Waals surface area (Å²) in [6.07, 6.45) is 6.75. The van der Waals surface area contributed by atoms with E-state index in [0.29, 0.717) is 28.9 Å². The van der Waals surface area contributed by atoms with Crippen LogP contribution in [-0.4, -0.2) is 34.1 Å². The van der Waals surface area contributed by atoms with E-state index in [2.05, 4.69) is 17.3 Å². The summed E-state index contributed by atoms with van der Waals surface area (Å²) >= 11 is 0. The number of rotatable bonds is 4. The number of allylic oxidation sites excluding steroid dienone is 2. The molecule has 1 aliphatic heterocycles. The Balaban J connectivity index is 1.24. The van der Waals surface area contributed by atoms with Crippen molar-refractivity contribution in [2.24, 2.45) is 40.6 Å². The Kier molecular flexibility index (Phi) is 3.48. The number of carbonyl (C=O) groups excluding carboxylic acids is 2. The van der Waals surface area contributed by atoms with Crippen molar-refractivity contribution >= 4 is 24.0 Å². The van der Waals surface area contributed by atoms with Crippen LogP contribution in [0, 0.1) is 35.5 Å². The highest BCUT2D eigenvalue weighted by molar-refractivity contribution is 6.06. The Morgan fingerprint density at radius 1 is 1.07 bits per heavy atom. The van der Waals surface area contributed by atoms with Gasteiger partial charge in [0.25, 0.3) is 11.8 Å². The Morgan fingerprint density at radius 3 is 2.43 bits per heavy atom. The molecule has 7 rings (SSSR count). The van der Waals surface area contributed by atoms with Gasteiger partial charge in [0.2, 0.25) is 0 Å². The molecule has 7 heteroatoms. The first-order valence-electron chi connectivity index (χ1n) is 10.1. The monoisotopic (exact) mass is 402 g/mol. The van der Waals surface area contributed by atoms with Gasteiger partial charge in [0.1, 0.15) is 11.5 Å². The highest BCUT2D eigenvalue weighted by Gasteiger charge is 2.67. The molecule has 4 aliphatic carbocycles. The van der Waals surface area contributed by atoms with E-state index in [9.17, 15) is 14.4 Å². The number of imide groups is 1. The standard InChI is InChI=1S/C23H18N2O5/c26-21-19-14-5-6-15(17-9-16(14)17)20(19)22(27)25(21)24-10-13-4-7-18(30-13)11-2-1-3-12(8-11)23(28)29/h1-8,10,14-17,19-20H,9H2,(H,28,29)/b24-10-/t14-,15+,16-,17-,19+,20+/m1/s1. The van der Waals surface area contributed by atoms with Crippen molar-refractivity contribution in [3.8, 4) is 11.3 Å². The minimum absolute atomic E-state index is 0.163. The smallest absolute Gasteiger partial charge is 0.335 e.